The van der Waals surface area contributed by atoms with Crippen molar-refractivity contribution in [2.75, 3.05) is 6.79 Å². The number of benzene rings is 1. The van der Waals surface area contributed by atoms with E-state index in [0.29, 0.717) is 0 Å². The Labute approximate surface area is 167 Å². The van der Waals surface area contributed by atoms with Crippen LogP contribution in [-0.4, -0.2) is 18.3 Å². The SMILES string of the molecule is CC1=[C]([Zr]([Cl])([Cl])([NH]C(C)(C)C)[SiH](C)C)c2cc3c(c(Br)c2C1)OCO3. The normalized spacial score (nSPS) is 18.6. The predicted molar refractivity (Wildman–Crippen MR) is 110 cm³/mol. The topological polar surface area (TPSA) is 30.5 Å². The Kier molecular flexibility index (Phi) is 5.19. The van der Waals surface area contributed by atoms with Gasteiger partial charge in [-0.25, -0.2) is 0 Å². The molecule has 1 aliphatic carbocycles. The second-order valence-corrected chi connectivity index (χ2v) is 48.8. The minimum absolute atomic E-state index is 0.143. The molecule has 3 nitrogen and oxygen atoms in total. The molecule has 0 fully saturated rings. The summed E-state index contributed by atoms with van der Waals surface area (Å²) in [4.78, 5) is 0. The maximum atomic E-state index is 7.53. The van der Waals surface area contributed by atoms with E-state index in [0.717, 1.165) is 28.0 Å². The number of allylic oxidation sites excluding steroid dienone is 1. The molecule has 139 valence electrons. The van der Waals surface area contributed by atoms with Crippen molar-refractivity contribution in [1.29, 1.82) is 0 Å². The van der Waals surface area contributed by atoms with Gasteiger partial charge in [0, 0.05) is 0 Å². The average Bonchev–Trinajstić information content (AvgIpc) is 3.01. The standard InChI is InChI=1S/C11H8BrO2.C4H10N.C2H7Si.2ClH.Zr/c1-6-2-7-4-9-11(14-5-13-9)10(12)8(7)3-6;1-4(2,3)5;1-3-2;;;/h4H,3,5H2,1H3;5H,1-3H3;3H,1-2H3;2*1H;/q;-1;;;;+3/p-2. The third-order valence-electron chi connectivity index (χ3n) is 4.92. The third kappa shape index (κ3) is 3.34. The molecule has 0 saturated carbocycles. The first-order chi connectivity index (χ1) is 11.3. The van der Waals surface area contributed by atoms with Gasteiger partial charge < -0.3 is 0 Å². The fraction of sp³-hybridized carbons (Fsp3) is 0.529. The Morgan fingerprint density at radius 1 is 1.24 bits per heavy atom. The van der Waals surface area contributed by atoms with Gasteiger partial charge in [-0.3, -0.25) is 0 Å². The van der Waals surface area contributed by atoms with Gasteiger partial charge in [0.15, 0.2) is 0 Å². The van der Waals surface area contributed by atoms with Crippen molar-refractivity contribution in [3.63, 3.8) is 0 Å². The molecule has 0 bridgehead atoms. The van der Waals surface area contributed by atoms with Gasteiger partial charge in [-0.15, -0.1) is 0 Å². The molecule has 3 rings (SSSR count). The predicted octanol–water partition coefficient (Wildman–Crippen LogP) is 5.75. The van der Waals surface area contributed by atoms with Crippen LogP contribution in [0.1, 0.15) is 38.8 Å². The molecule has 0 amide bonds. The fourth-order valence-electron chi connectivity index (χ4n) is 3.84. The molecule has 0 radical (unpaired) electrons. The molecule has 1 aliphatic heterocycles. The third-order valence-corrected chi connectivity index (χ3v) is 51.1. The summed E-state index contributed by atoms with van der Waals surface area (Å²) in [6.45, 7) is 13.4. The van der Waals surface area contributed by atoms with Crippen LogP contribution in [0.4, 0.5) is 0 Å². The van der Waals surface area contributed by atoms with Gasteiger partial charge in [-0.1, -0.05) is 0 Å². The van der Waals surface area contributed by atoms with Crippen LogP contribution in [0.3, 0.4) is 0 Å². The van der Waals surface area contributed by atoms with E-state index in [1.807, 2.05) is 0 Å². The van der Waals surface area contributed by atoms with Crippen molar-refractivity contribution in [2.24, 2.45) is 0 Å². The summed E-state index contributed by atoms with van der Waals surface area (Å²) in [6.07, 6.45) is 0.845. The number of halogens is 3. The Bertz CT molecular complexity index is 790. The summed E-state index contributed by atoms with van der Waals surface area (Å²) < 4.78 is 17.2. The molecule has 1 heterocycles. The number of ether oxygens (including phenoxy) is 2. The quantitative estimate of drug-likeness (QED) is 0.491. The first-order valence-corrected chi connectivity index (χ1v) is 25.3. The van der Waals surface area contributed by atoms with Crippen molar-refractivity contribution >= 4 is 42.2 Å². The number of rotatable bonds is 3. The van der Waals surface area contributed by atoms with Gasteiger partial charge in [0.1, 0.15) is 0 Å². The van der Waals surface area contributed by atoms with E-state index >= 15 is 0 Å². The molecule has 0 aromatic heterocycles. The zero-order valence-electron chi connectivity index (χ0n) is 15.5. The molecule has 8 heteroatoms. The molecular formula is C17H25BrCl2NO2SiZr. The Morgan fingerprint density at radius 2 is 1.88 bits per heavy atom. The Hall–Kier alpha value is 0.680. The maximum absolute atomic E-state index is 7.53. The van der Waals surface area contributed by atoms with Crippen LogP contribution in [0.2, 0.25) is 13.1 Å². The van der Waals surface area contributed by atoms with Crippen LogP contribution >= 0.6 is 33.0 Å². The van der Waals surface area contributed by atoms with Crippen molar-refractivity contribution in [3.05, 3.63) is 27.2 Å². The van der Waals surface area contributed by atoms with E-state index in [2.05, 4.69) is 66.0 Å². The number of hydrogen-bond donors (Lipinski definition) is 1. The monoisotopic (exact) mass is 542 g/mol. The van der Waals surface area contributed by atoms with E-state index in [4.69, 9.17) is 26.5 Å². The second-order valence-electron chi connectivity index (χ2n) is 8.39. The fourth-order valence-corrected chi connectivity index (χ4v) is 30.8. The second kappa shape index (κ2) is 6.35. The molecule has 0 spiro atoms. The summed E-state index contributed by atoms with van der Waals surface area (Å²) in [5.74, 6) is 0.139. The Morgan fingerprint density at radius 3 is 2.44 bits per heavy atom. The van der Waals surface area contributed by atoms with Gasteiger partial charge >= 0.3 is 169 Å². The van der Waals surface area contributed by atoms with Gasteiger partial charge in [-0.05, 0) is 0 Å². The molecule has 0 atom stereocenters. The minimum atomic E-state index is -4.39. The van der Waals surface area contributed by atoms with E-state index in [-0.39, 0.29) is 12.3 Å². The summed E-state index contributed by atoms with van der Waals surface area (Å²) in [5.41, 5.74) is 3.48. The van der Waals surface area contributed by atoms with Crippen molar-refractivity contribution in [1.82, 2.24) is 3.26 Å². The van der Waals surface area contributed by atoms with E-state index in [1.54, 1.807) is 0 Å². The van der Waals surface area contributed by atoms with Gasteiger partial charge in [0.05, 0.1) is 0 Å². The summed E-state index contributed by atoms with van der Waals surface area (Å²) in [6, 6.07) is 2.08. The van der Waals surface area contributed by atoms with Gasteiger partial charge in [0.25, 0.3) is 0 Å². The van der Waals surface area contributed by atoms with Crippen LogP contribution in [0.15, 0.2) is 16.1 Å². The van der Waals surface area contributed by atoms with Crippen LogP contribution in [-0.2, 0) is 22.3 Å². The van der Waals surface area contributed by atoms with Crippen LogP contribution < -0.4 is 12.7 Å². The zero-order chi connectivity index (χ0) is 18.8. The molecule has 0 unspecified atom stereocenters. The van der Waals surface area contributed by atoms with Crippen molar-refractivity contribution in [2.45, 2.75) is 52.7 Å². The molecule has 0 saturated heterocycles. The average molecular weight is 546 g/mol. The summed E-state index contributed by atoms with van der Waals surface area (Å²) in [5, 5.41) is 0. The molecule has 2 aliphatic rings. The van der Waals surface area contributed by atoms with Crippen molar-refractivity contribution < 1.29 is 25.3 Å². The zero-order valence-corrected chi connectivity index (χ0v) is 22.2. The van der Waals surface area contributed by atoms with Crippen LogP contribution in [0.25, 0.3) is 3.28 Å². The summed E-state index contributed by atoms with van der Waals surface area (Å²) in [7, 11) is 15.1. The van der Waals surface area contributed by atoms with E-state index in [1.165, 1.54) is 14.4 Å². The molecule has 1 aromatic carbocycles. The van der Waals surface area contributed by atoms with Crippen LogP contribution in [0, 0.1) is 0 Å². The number of fused-ring (bicyclic) bond motifs is 2. The Balaban J connectivity index is 2.25. The molecule has 1 aromatic rings. The van der Waals surface area contributed by atoms with E-state index in [9.17, 15) is 0 Å². The summed E-state index contributed by atoms with van der Waals surface area (Å²) >= 11 is -0.675. The van der Waals surface area contributed by atoms with Gasteiger partial charge in [0.2, 0.25) is 0 Å². The first-order valence-electron chi connectivity index (χ1n) is 8.53. The number of hydrogen-bond acceptors (Lipinski definition) is 3. The first kappa shape index (κ1) is 20.4. The van der Waals surface area contributed by atoms with E-state index < -0.39 is 21.8 Å². The van der Waals surface area contributed by atoms with Crippen molar-refractivity contribution in [3.8, 4) is 11.5 Å². The van der Waals surface area contributed by atoms with Crippen LogP contribution in [0.5, 0.6) is 11.5 Å². The number of nitrogens with one attached hydrogen (secondary N) is 1. The molecule has 1 N–H and O–H groups in total. The molecular weight excluding hydrogens is 520 g/mol. The molecule has 25 heavy (non-hydrogen) atoms. The van der Waals surface area contributed by atoms with Gasteiger partial charge in [-0.2, -0.15) is 0 Å².